The molecule has 2 fully saturated rings. The average molecular weight is 235 g/mol. The fraction of sp³-hybridized carbons (Fsp3) is 0.900. The zero-order valence-electron chi connectivity index (χ0n) is 8.79. The molecule has 1 heterocycles. The van der Waals surface area contributed by atoms with E-state index in [0.29, 0.717) is 6.54 Å². The summed E-state index contributed by atoms with van der Waals surface area (Å²) in [6.07, 6.45) is 6.76. The van der Waals surface area contributed by atoms with Crippen LogP contribution in [0.25, 0.3) is 0 Å². The number of hydrogen-bond acceptors (Lipinski definition) is 3. The Kier molecular flexibility index (Phi) is 4.37. The van der Waals surface area contributed by atoms with Gasteiger partial charge in [0.2, 0.25) is 0 Å². The second-order valence-electron chi connectivity index (χ2n) is 4.59. The Bertz CT molecular complexity index is 224. The summed E-state index contributed by atoms with van der Waals surface area (Å²) in [6.45, 7) is 0.553. The normalized spacial score (nSPS) is 29.5. The molecule has 1 unspecified atom stereocenters. The second-order valence-corrected chi connectivity index (χ2v) is 4.59. The minimum atomic E-state index is -0.663. The van der Waals surface area contributed by atoms with E-state index in [0.717, 1.165) is 19.3 Å². The number of hydrogen-bond donors (Lipinski definition) is 3. The van der Waals surface area contributed by atoms with E-state index in [4.69, 9.17) is 5.11 Å². The van der Waals surface area contributed by atoms with Crippen LogP contribution in [0.5, 0.6) is 0 Å². The smallest absolute Gasteiger partial charge is 0.307 e. The van der Waals surface area contributed by atoms with E-state index < -0.39 is 5.97 Å². The SMILES string of the molecule is Cl.O=C(O)C1CNNC2(CCCCC2)C1. The van der Waals surface area contributed by atoms with Gasteiger partial charge in [-0.25, -0.2) is 0 Å². The molecule has 0 radical (unpaired) electrons. The lowest BCUT2D eigenvalue weighted by Crippen LogP contribution is -2.61. The highest BCUT2D eigenvalue weighted by molar-refractivity contribution is 5.85. The van der Waals surface area contributed by atoms with Crippen LogP contribution in [0.3, 0.4) is 0 Å². The standard InChI is InChI=1S/C10H18N2O2.ClH/c13-9(14)8-6-10(12-11-7-8)4-2-1-3-5-10;/h8,11-12H,1-7H2,(H,13,14);1H. The zero-order chi connectivity index (χ0) is 10.0. The molecule has 15 heavy (non-hydrogen) atoms. The molecule has 5 heteroatoms. The maximum absolute atomic E-state index is 10.9. The van der Waals surface area contributed by atoms with Gasteiger partial charge in [-0.2, -0.15) is 0 Å². The first-order chi connectivity index (χ1) is 6.72. The van der Waals surface area contributed by atoms with Crippen molar-refractivity contribution in [2.45, 2.75) is 44.1 Å². The van der Waals surface area contributed by atoms with Crippen LogP contribution in [0.4, 0.5) is 0 Å². The Balaban J connectivity index is 0.00000112. The minimum Gasteiger partial charge on any atom is -0.481 e. The van der Waals surface area contributed by atoms with Gasteiger partial charge in [0, 0.05) is 12.1 Å². The zero-order valence-corrected chi connectivity index (χ0v) is 9.61. The number of carbonyl (C=O) groups is 1. The van der Waals surface area contributed by atoms with Crippen molar-refractivity contribution in [2.24, 2.45) is 5.92 Å². The van der Waals surface area contributed by atoms with Crippen LogP contribution in [0.15, 0.2) is 0 Å². The van der Waals surface area contributed by atoms with Crippen molar-refractivity contribution in [2.75, 3.05) is 6.54 Å². The van der Waals surface area contributed by atoms with Crippen LogP contribution in [-0.4, -0.2) is 23.2 Å². The number of carboxylic acid groups (broad SMARTS) is 1. The molecule has 2 aliphatic rings. The lowest BCUT2D eigenvalue weighted by atomic mass is 9.75. The summed E-state index contributed by atoms with van der Waals surface area (Å²) in [5.74, 6) is -0.877. The number of carboxylic acids is 1. The summed E-state index contributed by atoms with van der Waals surface area (Å²) in [6, 6.07) is 0. The maximum Gasteiger partial charge on any atom is 0.307 e. The topological polar surface area (TPSA) is 61.4 Å². The summed E-state index contributed by atoms with van der Waals surface area (Å²) >= 11 is 0. The van der Waals surface area contributed by atoms with Gasteiger partial charge in [-0.15, -0.1) is 12.4 Å². The predicted molar refractivity (Wildman–Crippen MR) is 59.9 cm³/mol. The highest BCUT2D eigenvalue weighted by Gasteiger charge is 2.39. The molecular weight excluding hydrogens is 216 g/mol. The van der Waals surface area contributed by atoms with Crippen LogP contribution in [0.2, 0.25) is 0 Å². The second kappa shape index (κ2) is 5.14. The molecule has 1 spiro atoms. The van der Waals surface area contributed by atoms with E-state index in [1.807, 2.05) is 0 Å². The molecule has 88 valence electrons. The monoisotopic (exact) mass is 234 g/mol. The van der Waals surface area contributed by atoms with Crippen molar-refractivity contribution >= 4 is 18.4 Å². The molecule has 4 nitrogen and oxygen atoms in total. The summed E-state index contributed by atoms with van der Waals surface area (Å²) in [4.78, 5) is 10.9. The van der Waals surface area contributed by atoms with E-state index in [2.05, 4.69) is 10.9 Å². The fourth-order valence-corrected chi connectivity index (χ4v) is 2.69. The molecule has 0 aromatic carbocycles. The van der Waals surface area contributed by atoms with E-state index in [9.17, 15) is 4.79 Å². The van der Waals surface area contributed by atoms with Gasteiger partial charge in [0.15, 0.2) is 0 Å². The van der Waals surface area contributed by atoms with Crippen LogP contribution in [0.1, 0.15) is 38.5 Å². The average Bonchev–Trinajstić information content (AvgIpc) is 2.19. The van der Waals surface area contributed by atoms with E-state index >= 15 is 0 Å². The molecule has 1 aliphatic heterocycles. The van der Waals surface area contributed by atoms with Gasteiger partial charge in [0.05, 0.1) is 5.92 Å². The van der Waals surface area contributed by atoms with Gasteiger partial charge in [0.1, 0.15) is 0 Å². The van der Waals surface area contributed by atoms with Crippen LogP contribution in [-0.2, 0) is 4.79 Å². The number of rotatable bonds is 1. The molecule has 2 rings (SSSR count). The lowest BCUT2D eigenvalue weighted by molar-refractivity contribution is -0.143. The third-order valence-corrected chi connectivity index (χ3v) is 3.50. The van der Waals surface area contributed by atoms with Gasteiger partial charge in [-0.3, -0.25) is 15.6 Å². The maximum atomic E-state index is 10.9. The highest BCUT2D eigenvalue weighted by atomic mass is 35.5. The largest absolute Gasteiger partial charge is 0.481 e. The Morgan fingerprint density at radius 2 is 1.93 bits per heavy atom. The number of halogens is 1. The lowest BCUT2D eigenvalue weighted by Gasteiger charge is -2.43. The van der Waals surface area contributed by atoms with Crippen molar-refractivity contribution in [3.63, 3.8) is 0 Å². The van der Waals surface area contributed by atoms with E-state index in [1.54, 1.807) is 0 Å². The van der Waals surface area contributed by atoms with Gasteiger partial charge in [-0.1, -0.05) is 19.3 Å². The number of aliphatic carboxylic acids is 1. The molecule has 1 aliphatic carbocycles. The molecule has 0 bridgehead atoms. The summed E-state index contributed by atoms with van der Waals surface area (Å²) in [7, 11) is 0. The molecule has 3 N–H and O–H groups in total. The van der Waals surface area contributed by atoms with Crippen molar-refractivity contribution in [3.05, 3.63) is 0 Å². The molecule has 1 saturated heterocycles. The van der Waals surface area contributed by atoms with Crippen molar-refractivity contribution in [1.82, 2.24) is 10.9 Å². The highest BCUT2D eigenvalue weighted by Crippen LogP contribution is 2.34. The van der Waals surface area contributed by atoms with Crippen molar-refractivity contribution < 1.29 is 9.90 Å². The van der Waals surface area contributed by atoms with Gasteiger partial charge in [0.25, 0.3) is 0 Å². The van der Waals surface area contributed by atoms with Gasteiger partial charge >= 0.3 is 5.97 Å². The first-order valence-corrected chi connectivity index (χ1v) is 5.45. The van der Waals surface area contributed by atoms with Crippen LogP contribution < -0.4 is 10.9 Å². The fourth-order valence-electron chi connectivity index (χ4n) is 2.69. The minimum absolute atomic E-state index is 0. The molecule has 1 saturated carbocycles. The Hall–Kier alpha value is -0.320. The van der Waals surface area contributed by atoms with Gasteiger partial charge in [-0.05, 0) is 19.3 Å². The first kappa shape index (κ1) is 12.7. The number of nitrogens with one attached hydrogen (secondary N) is 2. The Morgan fingerprint density at radius 3 is 2.53 bits per heavy atom. The quantitative estimate of drug-likeness (QED) is 0.640. The molecular formula is C10H19ClN2O2. The van der Waals surface area contributed by atoms with Crippen molar-refractivity contribution in [1.29, 1.82) is 0 Å². The first-order valence-electron chi connectivity index (χ1n) is 5.45. The molecule has 0 aromatic heterocycles. The van der Waals surface area contributed by atoms with Crippen LogP contribution >= 0.6 is 12.4 Å². The molecule has 0 amide bonds. The summed E-state index contributed by atoms with van der Waals surface area (Å²) < 4.78 is 0. The van der Waals surface area contributed by atoms with E-state index in [1.165, 1.54) is 19.3 Å². The van der Waals surface area contributed by atoms with Crippen molar-refractivity contribution in [3.8, 4) is 0 Å². The summed E-state index contributed by atoms with van der Waals surface area (Å²) in [5.41, 5.74) is 6.42. The summed E-state index contributed by atoms with van der Waals surface area (Å²) in [5, 5.41) is 8.98. The molecule has 0 aromatic rings. The van der Waals surface area contributed by atoms with E-state index in [-0.39, 0.29) is 23.9 Å². The third-order valence-electron chi connectivity index (χ3n) is 3.50. The predicted octanol–water partition coefficient (Wildman–Crippen LogP) is 1.31. The molecule has 1 atom stereocenters. The Morgan fingerprint density at radius 1 is 1.27 bits per heavy atom. The van der Waals surface area contributed by atoms with Gasteiger partial charge < -0.3 is 5.11 Å². The third kappa shape index (κ3) is 2.83. The Labute approximate surface area is 96.2 Å². The number of hydrazine groups is 1. The van der Waals surface area contributed by atoms with Crippen LogP contribution in [0, 0.1) is 5.92 Å².